The number of carbonyl (C=O) groups excluding carboxylic acids is 1. The number of nitrogens with zero attached hydrogens (tertiary/aromatic N) is 6. The Labute approximate surface area is 207 Å². The highest BCUT2D eigenvalue weighted by Gasteiger charge is 2.35. The minimum absolute atomic E-state index is 0.0474. The summed E-state index contributed by atoms with van der Waals surface area (Å²) in [6.45, 7) is 1.82. The molecule has 1 unspecified atom stereocenters. The van der Waals surface area contributed by atoms with Crippen LogP contribution in [-0.4, -0.2) is 37.0 Å². The van der Waals surface area contributed by atoms with Crippen LogP contribution in [0.5, 0.6) is 0 Å². The van der Waals surface area contributed by atoms with Crippen molar-refractivity contribution in [2.45, 2.75) is 19.8 Å². The van der Waals surface area contributed by atoms with Crippen molar-refractivity contribution < 1.29 is 4.79 Å². The van der Waals surface area contributed by atoms with Gasteiger partial charge in [-0.25, -0.2) is 9.98 Å². The van der Waals surface area contributed by atoms with Crippen LogP contribution in [-0.2, 0) is 11.8 Å². The second-order valence-corrected chi connectivity index (χ2v) is 8.81. The number of fused-ring (bicyclic) bond motifs is 2. The van der Waals surface area contributed by atoms with Crippen LogP contribution in [0.15, 0.2) is 77.5 Å². The molecule has 6 rings (SSSR count). The zero-order valence-corrected chi connectivity index (χ0v) is 19.9. The molecule has 5 heterocycles. The maximum Gasteiger partial charge on any atom is 0.224 e. The molecule has 0 bridgehead atoms. The van der Waals surface area contributed by atoms with Crippen molar-refractivity contribution in [1.82, 2.24) is 24.9 Å². The Kier molecular flexibility index (Phi) is 5.37. The Balaban J connectivity index is 1.33. The van der Waals surface area contributed by atoms with Crippen LogP contribution >= 0.6 is 0 Å². The molecule has 3 aromatic heterocycles. The summed E-state index contributed by atoms with van der Waals surface area (Å²) in [6, 6.07) is 12.1. The van der Waals surface area contributed by atoms with Crippen LogP contribution in [0.3, 0.4) is 0 Å². The third kappa shape index (κ3) is 3.74. The molecule has 178 valence electrons. The Bertz CT molecular complexity index is 1580. The quantitative estimate of drug-likeness (QED) is 0.450. The molecule has 0 saturated carbocycles. The van der Waals surface area contributed by atoms with Gasteiger partial charge in [-0.15, -0.1) is 0 Å². The Morgan fingerprint density at radius 2 is 2.03 bits per heavy atom. The predicted octanol–water partition coefficient (Wildman–Crippen LogP) is 4.15. The molecule has 2 N–H and O–H groups in total. The molecule has 36 heavy (non-hydrogen) atoms. The molecule has 9 nitrogen and oxygen atoms in total. The number of rotatable bonds is 5. The van der Waals surface area contributed by atoms with E-state index in [1.54, 1.807) is 18.6 Å². The second kappa shape index (κ2) is 8.84. The zero-order valence-electron chi connectivity index (χ0n) is 19.9. The number of imidazole rings is 1. The summed E-state index contributed by atoms with van der Waals surface area (Å²) in [5, 5.41) is 7.51. The maximum atomic E-state index is 11.8. The van der Waals surface area contributed by atoms with Gasteiger partial charge in [-0.3, -0.25) is 20.2 Å². The van der Waals surface area contributed by atoms with Gasteiger partial charge >= 0.3 is 0 Å². The number of pyridine rings is 2. The molecule has 1 aromatic carbocycles. The Morgan fingerprint density at radius 1 is 1.14 bits per heavy atom. The number of carbonyl (C=O) groups is 1. The van der Waals surface area contributed by atoms with Gasteiger partial charge in [-0.2, -0.15) is 5.10 Å². The minimum Gasteiger partial charge on any atom is -0.326 e. The highest BCUT2D eigenvalue weighted by atomic mass is 16.1. The van der Waals surface area contributed by atoms with E-state index in [1.807, 2.05) is 50.6 Å². The highest BCUT2D eigenvalue weighted by Crippen LogP contribution is 2.34. The fourth-order valence-corrected chi connectivity index (χ4v) is 4.67. The molecule has 0 spiro atoms. The van der Waals surface area contributed by atoms with Gasteiger partial charge in [0.15, 0.2) is 5.82 Å². The SMILES string of the molecule is CCC(=O)Nc1cncc(C2=CN=C3NN=C(c4nc5c(-c6cccnc6)cccc5n4C)C3C2)c1. The van der Waals surface area contributed by atoms with E-state index in [0.717, 1.165) is 50.7 Å². The molecular weight excluding hydrogens is 452 g/mol. The number of aryl methyl sites for hydroxylation is 1. The lowest BCUT2D eigenvalue weighted by Gasteiger charge is -2.19. The Morgan fingerprint density at radius 3 is 2.86 bits per heavy atom. The lowest BCUT2D eigenvalue weighted by atomic mass is 9.89. The van der Waals surface area contributed by atoms with Crippen molar-refractivity contribution in [1.29, 1.82) is 0 Å². The number of hydrazone groups is 1. The number of hydrogen-bond donors (Lipinski definition) is 2. The number of aromatic nitrogens is 4. The number of aliphatic imine (C=N–C) groups is 1. The molecule has 0 fully saturated rings. The first-order valence-corrected chi connectivity index (χ1v) is 11.8. The lowest BCUT2D eigenvalue weighted by molar-refractivity contribution is -0.115. The van der Waals surface area contributed by atoms with Gasteiger partial charge in [-0.05, 0) is 35.8 Å². The average Bonchev–Trinajstić information content (AvgIpc) is 3.49. The topological polar surface area (TPSA) is 109 Å². The summed E-state index contributed by atoms with van der Waals surface area (Å²) in [6.07, 6.45) is 10.0. The molecule has 2 aliphatic rings. The van der Waals surface area contributed by atoms with Crippen LogP contribution < -0.4 is 10.7 Å². The monoisotopic (exact) mass is 476 g/mol. The number of para-hydroxylation sites is 1. The van der Waals surface area contributed by atoms with Crippen molar-refractivity contribution in [2.24, 2.45) is 23.1 Å². The van der Waals surface area contributed by atoms with E-state index in [9.17, 15) is 4.79 Å². The third-order valence-electron chi connectivity index (χ3n) is 6.56. The molecule has 1 atom stereocenters. The van der Waals surface area contributed by atoms with Gasteiger partial charge in [0.1, 0.15) is 11.5 Å². The summed E-state index contributed by atoms with van der Waals surface area (Å²) < 4.78 is 2.08. The molecule has 0 radical (unpaired) electrons. The van der Waals surface area contributed by atoms with E-state index >= 15 is 0 Å². The molecule has 2 aliphatic heterocycles. The number of hydrogen-bond acceptors (Lipinski definition) is 7. The van der Waals surface area contributed by atoms with Crippen LogP contribution in [0, 0.1) is 5.92 Å². The predicted molar refractivity (Wildman–Crippen MR) is 140 cm³/mol. The lowest BCUT2D eigenvalue weighted by Crippen LogP contribution is -2.27. The van der Waals surface area contributed by atoms with Gasteiger partial charge in [0, 0.05) is 49.4 Å². The largest absolute Gasteiger partial charge is 0.326 e. The van der Waals surface area contributed by atoms with Gasteiger partial charge < -0.3 is 9.88 Å². The summed E-state index contributed by atoms with van der Waals surface area (Å²) in [5.41, 5.74) is 10.5. The normalized spacial score (nSPS) is 16.6. The number of amides is 1. The summed E-state index contributed by atoms with van der Waals surface area (Å²) >= 11 is 0. The minimum atomic E-state index is -0.0590. The van der Waals surface area contributed by atoms with E-state index in [1.165, 1.54) is 0 Å². The average molecular weight is 477 g/mol. The first-order valence-electron chi connectivity index (χ1n) is 11.8. The van der Waals surface area contributed by atoms with Crippen molar-refractivity contribution in [2.75, 3.05) is 5.32 Å². The van der Waals surface area contributed by atoms with Crippen molar-refractivity contribution in [3.63, 3.8) is 0 Å². The Hall–Kier alpha value is -4.66. The van der Waals surface area contributed by atoms with Crippen molar-refractivity contribution >= 4 is 39.7 Å². The van der Waals surface area contributed by atoms with E-state index in [2.05, 4.69) is 47.5 Å². The summed E-state index contributed by atoms with van der Waals surface area (Å²) in [5.74, 6) is 1.49. The van der Waals surface area contributed by atoms with Crippen molar-refractivity contribution in [3.05, 3.63) is 78.8 Å². The number of anilines is 1. The van der Waals surface area contributed by atoms with Crippen LogP contribution in [0.2, 0.25) is 0 Å². The van der Waals surface area contributed by atoms with Crippen LogP contribution in [0.1, 0.15) is 31.2 Å². The molecule has 9 heteroatoms. The maximum absolute atomic E-state index is 11.8. The number of amidine groups is 1. The molecule has 4 aromatic rings. The number of allylic oxidation sites excluding steroid dienone is 1. The van der Waals surface area contributed by atoms with Gasteiger partial charge in [0.25, 0.3) is 0 Å². The summed E-state index contributed by atoms with van der Waals surface area (Å²) in [4.78, 5) is 30.1. The van der Waals surface area contributed by atoms with Crippen molar-refractivity contribution in [3.8, 4) is 11.1 Å². The molecule has 0 aliphatic carbocycles. The molecule has 1 amide bonds. The van der Waals surface area contributed by atoms with Gasteiger partial charge in [-0.1, -0.05) is 25.1 Å². The number of benzene rings is 1. The standard InChI is InChI=1S/C27H24N8O/c1-3-23(36)31-19-10-17(13-29-15-19)18-11-21-25(33-34-26(21)30-14-18)27-32-24-20(16-6-5-9-28-12-16)7-4-8-22(24)35(27)2/h4-10,12-15,21H,3,11H2,1-2H3,(H,30,34)(H,31,36). The molecule has 0 saturated heterocycles. The van der Waals surface area contributed by atoms with E-state index in [0.29, 0.717) is 18.5 Å². The van der Waals surface area contributed by atoms with E-state index in [-0.39, 0.29) is 11.8 Å². The van der Waals surface area contributed by atoms with Crippen LogP contribution in [0.4, 0.5) is 5.69 Å². The smallest absolute Gasteiger partial charge is 0.224 e. The first kappa shape index (κ1) is 21.8. The fraction of sp³-hybridized carbons (Fsp3) is 0.185. The van der Waals surface area contributed by atoms with Crippen LogP contribution in [0.25, 0.3) is 27.7 Å². The summed E-state index contributed by atoms with van der Waals surface area (Å²) in [7, 11) is 2.01. The highest BCUT2D eigenvalue weighted by molar-refractivity contribution is 6.18. The second-order valence-electron chi connectivity index (χ2n) is 8.81. The third-order valence-corrected chi connectivity index (χ3v) is 6.56. The fourth-order valence-electron chi connectivity index (χ4n) is 4.67. The van der Waals surface area contributed by atoms with E-state index < -0.39 is 0 Å². The van der Waals surface area contributed by atoms with E-state index in [4.69, 9.17) is 4.98 Å². The van der Waals surface area contributed by atoms with Gasteiger partial charge in [0.2, 0.25) is 5.91 Å². The van der Waals surface area contributed by atoms with Gasteiger partial charge in [0.05, 0.1) is 28.8 Å². The molecular formula is C27H24N8O. The zero-order chi connectivity index (χ0) is 24.6. The number of nitrogens with one attached hydrogen (secondary N) is 2. The first-order chi connectivity index (χ1) is 17.6.